The predicted molar refractivity (Wildman–Crippen MR) is 170 cm³/mol. The van der Waals surface area contributed by atoms with Crippen LogP contribution in [0.1, 0.15) is 22.8 Å². The van der Waals surface area contributed by atoms with Gasteiger partial charge in [0.25, 0.3) is 0 Å². The van der Waals surface area contributed by atoms with Gasteiger partial charge in [-0.3, -0.25) is 4.79 Å². The number of hydrogen-bond donors (Lipinski definition) is 1. The van der Waals surface area contributed by atoms with Gasteiger partial charge in [-0.15, -0.1) is 11.3 Å². The van der Waals surface area contributed by atoms with Crippen LogP contribution in [-0.2, 0) is 9.53 Å². The zero-order chi connectivity index (χ0) is 29.5. The maximum atomic E-state index is 13.2. The highest BCUT2D eigenvalue weighted by Crippen LogP contribution is 2.37. The average Bonchev–Trinajstić information content (AvgIpc) is 3.44. The molecule has 0 radical (unpaired) electrons. The van der Waals surface area contributed by atoms with Gasteiger partial charge in [-0.05, 0) is 36.2 Å². The molecule has 0 atom stereocenters. The first-order chi connectivity index (χ1) is 20.5. The van der Waals surface area contributed by atoms with Crippen molar-refractivity contribution in [1.29, 1.82) is 5.26 Å². The van der Waals surface area contributed by atoms with Crippen molar-refractivity contribution >= 4 is 51.6 Å². The van der Waals surface area contributed by atoms with Crippen LogP contribution in [0.3, 0.4) is 0 Å². The van der Waals surface area contributed by atoms with Crippen LogP contribution in [-0.4, -0.2) is 29.2 Å². The summed E-state index contributed by atoms with van der Waals surface area (Å²) in [6.07, 6.45) is 0. The highest BCUT2D eigenvalue weighted by molar-refractivity contribution is 8.00. The van der Waals surface area contributed by atoms with E-state index in [1.54, 1.807) is 19.1 Å². The summed E-state index contributed by atoms with van der Waals surface area (Å²) in [5, 5.41) is 16.3. The van der Waals surface area contributed by atoms with Gasteiger partial charge in [-0.2, -0.15) is 5.26 Å². The van der Waals surface area contributed by atoms with E-state index in [-0.39, 0.29) is 18.3 Å². The Morgan fingerprint density at radius 1 is 0.952 bits per heavy atom. The van der Waals surface area contributed by atoms with Crippen LogP contribution in [0.4, 0.5) is 5.00 Å². The number of esters is 1. The molecule has 0 bridgehead atoms. The molecule has 1 N–H and O–H groups in total. The Balaban J connectivity index is 1.45. The van der Waals surface area contributed by atoms with Gasteiger partial charge in [0.2, 0.25) is 5.91 Å². The number of aromatic nitrogens is 1. The van der Waals surface area contributed by atoms with Gasteiger partial charge in [0.05, 0.1) is 23.6 Å². The van der Waals surface area contributed by atoms with Crippen LogP contribution >= 0.6 is 34.7 Å². The number of hydrogen-bond acceptors (Lipinski definition) is 7. The summed E-state index contributed by atoms with van der Waals surface area (Å²) in [6, 6.07) is 30.5. The number of rotatable bonds is 9. The SMILES string of the molecule is CCOC(=O)c1c(-c2ccccc2)csc1NC(=O)CSc1nc(-c2ccccc2)cc(-c2ccc(Cl)cc2)c1C#N. The Morgan fingerprint density at radius 3 is 2.24 bits per heavy atom. The topological polar surface area (TPSA) is 92.1 Å². The number of ether oxygens (including phenoxy) is 1. The number of anilines is 1. The van der Waals surface area contributed by atoms with Gasteiger partial charge >= 0.3 is 5.97 Å². The maximum absolute atomic E-state index is 13.2. The molecule has 5 rings (SSSR count). The third kappa shape index (κ3) is 6.55. The minimum Gasteiger partial charge on any atom is -0.462 e. The van der Waals surface area contributed by atoms with Crippen LogP contribution in [0.15, 0.2) is 101 Å². The molecule has 0 spiro atoms. The molecule has 0 saturated heterocycles. The molecule has 2 aromatic heterocycles. The standard InChI is InChI=1S/C33H24ClN3O3S2/c1-2-40-33(39)30-27(21-9-5-3-6-10-21)19-41-32(30)37-29(38)20-42-31-26(18-35)25(22-13-15-24(34)16-14-22)17-28(36-31)23-11-7-4-8-12-23/h3-17,19H,2,20H2,1H3,(H,37,38). The number of nitriles is 1. The van der Waals surface area contributed by atoms with Crippen molar-refractivity contribution in [1.82, 2.24) is 4.98 Å². The fourth-order valence-electron chi connectivity index (χ4n) is 4.33. The van der Waals surface area contributed by atoms with Crippen molar-refractivity contribution in [2.24, 2.45) is 0 Å². The number of nitrogens with zero attached hydrogens (tertiary/aromatic N) is 2. The highest BCUT2D eigenvalue weighted by Gasteiger charge is 2.23. The lowest BCUT2D eigenvalue weighted by atomic mass is 9.99. The van der Waals surface area contributed by atoms with E-state index in [9.17, 15) is 14.9 Å². The molecule has 2 heterocycles. The number of benzene rings is 3. The van der Waals surface area contributed by atoms with Crippen molar-refractivity contribution in [3.63, 3.8) is 0 Å². The number of pyridine rings is 1. The number of carbonyl (C=O) groups is 2. The molecule has 0 unspecified atom stereocenters. The van der Waals surface area contributed by atoms with Crippen molar-refractivity contribution in [2.75, 3.05) is 17.7 Å². The summed E-state index contributed by atoms with van der Waals surface area (Å²) in [4.78, 5) is 30.9. The Morgan fingerprint density at radius 2 is 1.60 bits per heavy atom. The molecule has 208 valence electrons. The smallest absolute Gasteiger partial charge is 0.341 e. The molecular formula is C33H24ClN3O3S2. The third-order valence-electron chi connectivity index (χ3n) is 6.27. The van der Waals surface area contributed by atoms with Gasteiger partial charge in [-0.1, -0.05) is 96.2 Å². The second-order valence-corrected chi connectivity index (χ2v) is 11.3. The molecule has 0 aliphatic rings. The van der Waals surface area contributed by atoms with E-state index in [1.165, 1.54) is 11.3 Å². The lowest BCUT2D eigenvalue weighted by Gasteiger charge is -2.13. The normalized spacial score (nSPS) is 10.6. The van der Waals surface area contributed by atoms with Crippen LogP contribution in [0, 0.1) is 11.3 Å². The molecule has 9 heteroatoms. The lowest BCUT2D eigenvalue weighted by Crippen LogP contribution is -2.16. The zero-order valence-electron chi connectivity index (χ0n) is 22.5. The second-order valence-electron chi connectivity index (χ2n) is 9.00. The Kier molecular flexibility index (Phi) is 9.35. The van der Waals surface area contributed by atoms with Crippen molar-refractivity contribution < 1.29 is 14.3 Å². The van der Waals surface area contributed by atoms with E-state index in [0.717, 1.165) is 28.5 Å². The number of amides is 1. The fourth-order valence-corrected chi connectivity index (χ4v) is 6.23. The number of nitrogens with one attached hydrogen (secondary N) is 1. The first-order valence-electron chi connectivity index (χ1n) is 13.0. The minimum absolute atomic E-state index is 0.0270. The van der Waals surface area contributed by atoms with Crippen molar-refractivity contribution in [3.8, 4) is 39.6 Å². The lowest BCUT2D eigenvalue weighted by molar-refractivity contribution is -0.113. The molecule has 0 saturated carbocycles. The zero-order valence-corrected chi connectivity index (χ0v) is 24.9. The molecular weight excluding hydrogens is 586 g/mol. The van der Waals surface area contributed by atoms with E-state index < -0.39 is 5.97 Å². The molecule has 0 aliphatic carbocycles. The third-order valence-corrected chi connectivity index (χ3v) is 8.39. The summed E-state index contributed by atoms with van der Waals surface area (Å²) >= 11 is 8.54. The van der Waals surface area contributed by atoms with Crippen LogP contribution in [0.5, 0.6) is 0 Å². The molecule has 5 aromatic rings. The Hall–Kier alpha value is -4.42. The number of halogens is 1. The van der Waals surface area contributed by atoms with E-state index >= 15 is 0 Å². The maximum Gasteiger partial charge on any atom is 0.341 e. The van der Waals surface area contributed by atoms with Crippen LogP contribution in [0.2, 0.25) is 5.02 Å². The van der Waals surface area contributed by atoms with Crippen LogP contribution in [0.25, 0.3) is 33.5 Å². The fraction of sp³-hybridized carbons (Fsp3) is 0.0909. The quantitative estimate of drug-likeness (QED) is 0.133. The largest absolute Gasteiger partial charge is 0.462 e. The second kappa shape index (κ2) is 13.5. The minimum atomic E-state index is -0.503. The summed E-state index contributed by atoms with van der Waals surface area (Å²) in [7, 11) is 0. The van der Waals surface area contributed by atoms with E-state index in [0.29, 0.717) is 43.0 Å². The monoisotopic (exact) mass is 609 g/mol. The molecule has 1 amide bonds. The van der Waals surface area contributed by atoms with Crippen molar-refractivity contribution in [3.05, 3.63) is 113 Å². The summed E-state index contributed by atoms with van der Waals surface area (Å²) in [5.74, 6) is -0.867. The summed E-state index contributed by atoms with van der Waals surface area (Å²) < 4.78 is 5.30. The average molecular weight is 610 g/mol. The Bertz CT molecular complexity index is 1770. The predicted octanol–water partition coefficient (Wildman–Crippen LogP) is 8.58. The first-order valence-corrected chi connectivity index (χ1v) is 15.3. The van der Waals surface area contributed by atoms with Gasteiger partial charge in [0.1, 0.15) is 21.7 Å². The van der Waals surface area contributed by atoms with E-state index in [2.05, 4.69) is 11.4 Å². The van der Waals surface area contributed by atoms with Gasteiger partial charge in [0.15, 0.2) is 0 Å². The van der Waals surface area contributed by atoms with E-state index in [4.69, 9.17) is 21.3 Å². The molecule has 6 nitrogen and oxygen atoms in total. The summed E-state index contributed by atoms with van der Waals surface area (Å²) in [6.45, 7) is 1.95. The number of thioether (sulfide) groups is 1. The molecule has 42 heavy (non-hydrogen) atoms. The van der Waals surface area contributed by atoms with E-state index in [1.807, 2.05) is 84.2 Å². The van der Waals surface area contributed by atoms with Gasteiger partial charge in [-0.25, -0.2) is 9.78 Å². The Labute approximate surface area is 257 Å². The molecule has 0 aliphatic heterocycles. The van der Waals surface area contributed by atoms with Crippen LogP contribution < -0.4 is 5.32 Å². The highest BCUT2D eigenvalue weighted by atomic mass is 35.5. The number of carbonyl (C=O) groups excluding carboxylic acids is 2. The summed E-state index contributed by atoms with van der Waals surface area (Å²) in [5.41, 5.74) is 5.30. The molecule has 0 fully saturated rings. The first kappa shape index (κ1) is 29.1. The van der Waals surface area contributed by atoms with Crippen molar-refractivity contribution in [2.45, 2.75) is 11.9 Å². The number of thiophene rings is 1. The van der Waals surface area contributed by atoms with Gasteiger partial charge < -0.3 is 10.1 Å². The van der Waals surface area contributed by atoms with Gasteiger partial charge in [0, 0.05) is 27.1 Å². The molecule has 3 aromatic carbocycles.